The van der Waals surface area contributed by atoms with Crippen molar-refractivity contribution in [3.63, 3.8) is 0 Å². The molecule has 1 aromatic rings. The number of aromatic nitrogens is 1. The van der Waals surface area contributed by atoms with Gasteiger partial charge in [0.15, 0.2) is 0 Å². The quantitative estimate of drug-likeness (QED) is 0.780. The predicted molar refractivity (Wildman–Crippen MR) is 48.5 cm³/mol. The molecule has 5 nitrogen and oxygen atoms in total. The third-order valence-corrected chi connectivity index (χ3v) is 2.61. The van der Waals surface area contributed by atoms with Gasteiger partial charge < -0.3 is 5.73 Å². The highest BCUT2D eigenvalue weighted by atomic mass is 32.2. The van der Waals surface area contributed by atoms with E-state index in [1.54, 1.807) is 0 Å². The zero-order valence-electron chi connectivity index (χ0n) is 7.52. The summed E-state index contributed by atoms with van der Waals surface area (Å²) in [6, 6.07) is 1.00. The van der Waals surface area contributed by atoms with E-state index >= 15 is 0 Å². The molecule has 0 unspecified atom stereocenters. The van der Waals surface area contributed by atoms with Crippen molar-refractivity contribution in [2.24, 2.45) is 10.9 Å². The molecule has 1 aromatic heterocycles. The minimum atomic E-state index is -3.94. The Balaban J connectivity index is 3.32. The molecular formula is C7H9F2N3O2S. The van der Waals surface area contributed by atoms with Crippen molar-refractivity contribution in [1.82, 2.24) is 4.98 Å². The molecule has 0 saturated heterocycles. The molecule has 0 aliphatic carbocycles. The summed E-state index contributed by atoms with van der Waals surface area (Å²) in [5.74, 6) is 0. The van der Waals surface area contributed by atoms with Gasteiger partial charge in [0.2, 0.25) is 10.0 Å². The molecular weight excluding hydrogens is 228 g/mol. The SMILES string of the molecule is NCc1cc(S(N)(=O)=O)cnc1C(F)F. The largest absolute Gasteiger partial charge is 0.326 e. The number of rotatable bonds is 3. The summed E-state index contributed by atoms with van der Waals surface area (Å²) in [5, 5.41) is 4.81. The summed E-state index contributed by atoms with van der Waals surface area (Å²) >= 11 is 0. The van der Waals surface area contributed by atoms with E-state index in [-0.39, 0.29) is 17.0 Å². The van der Waals surface area contributed by atoms with Gasteiger partial charge in [-0.1, -0.05) is 0 Å². The Hall–Kier alpha value is -1.12. The molecule has 1 heterocycles. The summed E-state index contributed by atoms with van der Waals surface area (Å²) in [6.45, 7) is -0.226. The lowest BCUT2D eigenvalue weighted by molar-refractivity contribution is 0.144. The monoisotopic (exact) mass is 237 g/mol. The molecule has 0 bridgehead atoms. The van der Waals surface area contributed by atoms with Crippen LogP contribution in [0.5, 0.6) is 0 Å². The number of hydrogen-bond acceptors (Lipinski definition) is 4. The molecule has 84 valence electrons. The van der Waals surface area contributed by atoms with Gasteiger partial charge in [-0.25, -0.2) is 22.3 Å². The highest BCUT2D eigenvalue weighted by molar-refractivity contribution is 7.89. The fraction of sp³-hybridized carbons (Fsp3) is 0.286. The molecule has 0 aliphatic heterocycles. The van der Waals surface area contributed by atoms with Crippen LogP contribution in [0.1, 0.15) is 17.7 Å². The lowest BCUT2D eigenvalue weighted by Crippen LogP contribution is -2.14. The fourth-order valence-corrected chi connectivity index (χ4v) is 1.52. The third-order valence-electron chi connectivity index (χ3n) is 1.73. The molecule has 0 saturated carbocycles. The second-order valence-corrected chi connectivity index (χ2v) is 4.33. The molecule has 0 aromatic carbocycles. The number of pyridine rings is 1. The van der Waals surface area contributed by atoms with Crippen LogP contribution in [0, 0.1) is 0 Å². The number of halogens is 2. The van der Waals surface area contributed by atoms with E-state index in [0.717, 1.165) is 12.3 Å². The van der Waals surface area contributed by atoms with Gasteiger partial charge in [0.25, 0.3) is 6.43 Å². The number of nitrogens with two attached hydrogens (primary N) is 2. The van der Waals surface area contributed by atoms with Crippen molar-refractivity contribution in [3.8, 4) is 0 Å². The van der Waals surface area contributed by atoms with E-state index in [9.17, 15) is 17.2 Å². The molecule has 0 amide bonds. The average Bonchev–Trinajstić information content (AvgIpc) is 2.15. The lowest BCUT2D eigenvalue weighted by Gasteiger charge is -2.07. The van der Waals surface area contributed by atoms with Crippen molar-refractivity contribution in [2.45, 2.75) is 17.9 Å². The van der Waals surface area contributed by atoms with Crippen LogP contribution in [0.15, 0.2) is 17.2 Å². The number of alkyl halides is 2. The highest BCUT2D eigenvalue weighted by Crippen LogP contribution is 2.22. The van der Waals surface area contributed by atoms with E-state index in [1.807, 2.05) is 0 Å². The Kier molecular flexibility index (Phi) is 3.32. The van der Waals surface area contributed by atoms with Gasteiger partial charge in [0, 0.05) is 12.7 Å². The van der Waals surface area contributed by atoms with Gasteiger partial charge in [0.05, 0.1) is 0 Å². The topological polar surface area (TPSA) is 99.1 Å². The first kappa shape index (κ1) is 12.0. The van der Waals surface area contributed by atoms with Crippen molar-refractivity contribution in [2.75, 3.05) is 0 Å². The van der Waals surface area contributed by atoms with Crippen LogP contribution in [-0.2, 0) is 16.6 Å². The summed E-state index contributed by atoms with van der Waals surface area (Å²) < 4.78 is 46.5. The Morgan fingerprint density at radius 1 is 1.47 bits per heavy atom. The Labute approximate surface area is 85.2 Å². The second kappa shape index (κ2) is 4.17. The minimum Gasteiger partial charge on any atom is -0.326 e. The van der Waals surface area contributed by atoms with Gasteiger partial charge in [-0.2, -0.15) is 0 Å². The number of sulfonamides is 1. The third kappa shape index (κ3) is 2.67. The van der Waals surface area contributed by atoms with Gasteiger partial charge in [-0.15, -0.1) is 0 Å². The minimum absolute atomic E-state index is 0.0310. The number of primary sulfonamides is 1. The van der Waals surface area contributed by atoms with Gasteiger partial charge in [-0.3, -0.25) is 4.98 Å². The van der Waals surface area contributed by atoms with Crippen molar-refractivity contribution >= 4 is 10.0 Å². The molecule has 1 rings (SSSR count). The molecule has 0 atom stereocenters. The second-order valence-electron chi connectivity index (χ2n) is 2.77. The summed E-state index contributed by atoms with van der Waals surface area (Å²) in [6.07, 6.45) is -2.01. The number of hydrogen-bond donors (Lipinski definition) is 2. The van der Waals surface area contributed by atoms with Crippen LogP contribution in [0.25, 0.3) is 0 Å². The van der Waals surface area contributed by atoms with Crippen LogP contribution in [0.3, 0.4) is 0 Å². The van der Waals surface area contributed by atoms with Gasteiger partial charge in [0.1, 0.15) is 10.6 Å². The summed E-state index contributed by atoms with van der Waals surface area (Å²) in [5.41, 5.74) is 4.64. The lowest BCUT2D eigenvalue weighted by atomic mass is 10.2. The molecule has 0 fully saturated rings. The molecule has 15 heavy (non-hydrogen) atoms. The summed E-state index contributed by atoms with van der Waals surface area (Å²) in [4.78, 5) is 3.00. The molecule has 0 radical (unpaired) electrons. The van der Waals surface area contributed by atoms with Crippen LogP contribution in [0.4, 0.5) is 8.78 Å². The summed E-state index contributed by atoms with van der Waals surface area (Å²) in [7, 11) is -3.94. The van der Waals surface area contributed by atoms with E-state index in [1.165, 1.54) is 0 Å². The van der Waals surface area contributed by atoms with Gasteiger partial charge in [-0.05, 0) is 11.6 Å². The maximum atomic E-state index is 12.3. The van der Waals surface area contributed by atoms with Crippen LogP contribution in [-0.4, -0.2) is 13.4 Å². The van der Waals surface area contributed by atoms with E-state index < -0.39 is 22.1 Å². The van der Waals surface area contributed by atoms with E-state index in [4.69, 9.17) is 10.9 Å². The molecule has 8 heteroatoms. The zero-order chi connectivity index (χ0) is 11.6. The zero-order valence-corrected chi connectivity index (χ0v) is 8.34. The van der Waals surface area contributed by atoms with E-state index in [0.29, 0.717) is 0 Å². The fourth-order valence-electron chi connectivity index (χ4n) is 1.01. The van der Waals surface area contributed by atoms with Crippen molar-refractivity contribution < 1.29 is 17.2 Å². The first-order valence-electron chi connectivity index (χ1n) is 3.86. The predicted octanol–water partition coefficient (Wildman–Crippen LogP) is 0.125. The highest BCUT2D eigenvalue weighted by Gasteiger charge is 2.17. The van der Waals surface area contributed by atoms with Crippen LogP contribution >= 0.6 is 0 Å². The molecule has 0 spiro atoms. The maximum Gasteiger partial charge on any atom is 0.280 e. The standard InChI is InChI=1S/C7H9F2N3O2S/c8-7(9)6-4(2-10)1-5(3-12-6)15(11,13)14/h1,3,7H,2,10H2,(H2,11,13,14). The average molecular weight is 237 g/mol. The normalized spacial score (nSPS) is 12.1. The molecule has 4 N–H and O–H groups in total. The van der Waals surface area contributed by atoms with Crippen LogP contribution in [0.2, 0.25) is 0 Å². The van der Waals surface area contributed by atoms with Gasteiger partial charge >= 0.3 is 0 Å². The maximum absolute atomic E-state index is 12.3. The Morgan fingerprint density at radius 3 is 2.47 bits per heavy atom. The first-order chi connectivity index (χ1) is 6.86. The first-order valence-corrected chi connectivity index (χ1v) is 5.40. The van der Waals surface area contributed by atoms with E-state index in [2.05, 4.69) is 4.98 Å². The Morgan fingerprint density at radius 2 is 2.07 bits per heavy atom. The van der Waals surface area contributed by atoms with Crippen LogP contribution < -0.4 is 10.9 Å². The Bertz CT molecular complexity index is 461. The molecule has 0 aliphatic rings. The number of nitrogens with zero attached hydrogens (tertiary/aromatic N) is 1. The van der Waals surface area contributed by atoms with Crippen molar-refractivity contribution in [1.29, 1.82) is 0 Å². The smallest absolute Gasteiger partial charge is 0.280 e. The van der Waals surface area contributed by atoms with Crippen molar-refractivity contribution in [3.05, 3.63) is 23.5 Å².